The first kappa shape index (κ1) is 21.2. The Morgan fingerprint density at radius 3 is 2.50 bits per heavy atom. The molecule has 1 aromatic heterocycles. The molecule has 2 rings (SSSR count). The number of nitrogens with two attached hydrogens (primary N) is 1. The Bertz CT molecular complexity index is 906. The Labute approximate surface area is 166 Å². The summed E-state index contributed by atoms with van der Waals surface area (Å²) in [6.07, 6.45) is 0. The van der Waals surface area contributed by atoms with Gasteiger partial charge < -0.3 is 25.3 Å². The number of aryl methyl sites for hydroxylation is 1. The lowest BCUT2D eigenvalue weighted by molar-refractivity contribution is 0.0446. The van der Waals surface area contributed by atoms with Gasteiger partial charge in [0, 0.05) is 12.6 Å². The van der Waals surface area contributed by atoms with Gasteiger partial charge in [-0.3, -0.25) is 4.79 Å². The Morgan fingerprint density at radius 1 is 1.18 bits per heavy atom. The van der Waals surface area contributed by atoms with E-state index < -0.39 is 17.8 Å². The summed E-state index contributed by atoms with van der Waals surface area (Å²) in [6.45, 7) is 3.31. The fraction of sp³-hybridized carbons (Fsp3) is 0.316. The van der Waals surface area contributed by atoms with E-state index in [2.05, 4.69) is 5.32 Å². The first-order valence-corrected chi connectivity index (χ1v) is 9.27. The van der Waals surface area contributed by atoms with Gasteiger partial charge in [-0.05, 0) is 26.0 Å². The molecule has 1 aromatic carbocycles. The number of hydrogen-bond donors (Lipinski definition) is 2. The van der Waals surface area contributed by atoms with Gasteiger partial charge in [-0.2, -0.15) is 0 Å². The molecule has 0 aliphatic heterocycles. The van der Waals surface area contributed by atoms with E-state index in [1.165, 1.54) is 14.2 Å². The zero-order chi connectivity index (χ0) is 20.8. The Kier molecular flexibility index (Phi) is 7.00. The van der Waals surface area contributed by atoms with Crippen LogP contribution in [0.1, 0.15) is 48.4 Å². The van der Waals surface area contributed by atoms with Crippen LogP contribution >= 0.6 is 11.3 Å². The molecule has 3 N–H and O–H groups in total. The molecule has 0 saturated heterocycles. The molecule has 1 heterocycles. The largest absolute Gasteiger partial charge is 0.496 e. The highest BCUT2D eigenvalue weighted by molar-refractivity contribution is 7.18. The van der Waals surface area contributed by atoms with Crippen molar-refractivity contribution in [2.24, 2.45) is 0 Å². The lowest BCUT2D eigenvalue weighted by Crippen LogP contribution is -2.20. The second-order valence-electron chi connectivity index (χ2n) is 5.73. The normalized spacial score (nSPS) is 10.3. The van der Waals surface area contributed by atoms with Crippen molar-refractivity contribution < 1.29 is 28.6 Å². The second kappa shape index (κ2) is 9.23. The fourth-order valence-corrected chi connectivity index (χ4v) is 3.55. The molecule has 0 spiro atoms. The van der Waals surface area contributed by atoms with Gasteiger partial charge >= 0.3 is 11.9 Å². The van der Waals surface area contributed by atoms with Crippen LogP contribution < -0.4 is 15.8 Å². The third-order valence-electron chi connectivity index (χ3n) is 3.87. The molecular weight excluding hydrogens is 384 g/mol. The number of carbonyl (C=O) groups is 3. The summed E-state index contributed by atoms with van der Waals surface area (Å²) in [5.74, 6) is -1.41. The van der Waals surface area contributed by atoms with Crippen LogP contribution in [0.2, 0.25) is 0 Å². The Balaban J connectivity index is 2.37. The van der Waals surface area contributed by atoms with Gasteiger partial charge in [0.15, 0.2) is 0 Å². The van der Waals surface area contributed by atoms with E-state index in [4.69, 9.17) is 19.9 Å². The molecule has 0 unspecified atom stereocenters. The summed E-state index contributed by atoms with van der Waals surface area (Å²) in [5.41, 5.74) is 7.26. The Morgan fingerprint density at radius 2 is 1.89 bits per heavy atom. The molecule has 28 heavy (non-hydrogen) atoms. The van der Waals surface area contributed by atoms with Crippen molar-refractivity contribution in [3.05, 3.63) is 45.3 Å². The maximum atomic E-state index is 12.6. The predicted molar refractivity (Wildman–Crippen MR) is 105 cm³/mol. The van der Waals surface area contributed by atoms with Gasteiger partial charge in [0.2, 0.25) is 0 Å². The summed E-state index contributed by atoms with van der Waals surface area (Å²) in [6, 6.07) is 5.10. The molecule has 1 amide bonds. The van der Waals surface area contributed by atoms with Crippen molar-refractivity contribution in [2.75, 3.05) is 26.5 Å². The number of nitrogen functional groups attached to an aromatic ring is 1. The predicted octanol–water partition coefficient (Wildman–Crippen LogP) is 2.54. The molecule has 0 aliphatic carbocycles. The number of esters is 2. The molecule has 0 fully saturated rings. The van der Waals surface area contributed by atoms with Gasteiger partial charge in [-0.15, -0.1) is 11.3 Å². The first-order chi connectivity index (χ1) is 13.3. The van der Waals surface area contributed by atoms with Gasteiger partial charge in [0.05, 0.1) is 13.7 Å². The summed E-state index contributed by atoms with van der Waals surface area (Å²) >= 11 is 0.934. The minimum Gasteiger partial charge on any atom is -0.496 e. The van der Waals surface area contributed by atoms with Crippen LogP contribution in [-0.2, 0) is 16.1 Å². The van der Waals surface area contributed by atoms with Crippen LogP contribution in [0, 0.1) is 6.92 Å². The molecule has 0 radical (unpaired) electrons. The van der Waals surface area contributed by atoms with Crippen LogP contribution in [0.5, 0.6) is 5.75 Å². The zero-order valence-corrected chi connectivity index (χ0v) is 16.9. The highest BCUT2D eigenvalue weighted by atomic mass is 32.1. The molecule has 9 heteroatoms. The third-order valence-corrected chi connectivity index (χ3v) is 4.93. The highest BCUT2D eigenvalue weighted by Gasteiger charge is 2.28. The second-order valence-corrected chi connectivity index (χ2v) is 6.78. The van der Waals surface area contributed by atoms with Crippen LogP contribution in [0.25, 0.3) is 0 Å². The van der Waals surface area contributed by atoms with E-state index >= 15 is 0 Å². The lowest BCUT2D eigenvalue weighted by Gasteiger charge is -2.11. The number of benzene rings is 1. The molecule has 0 aliphatic rings. The van der Waals surface area contributed by atoms with E-state index in [0.717, 1.165) is 16.9 Å². The van der Waals surface area contributed by atoms with Gasteiger partial charge in [-0.1, -0.05) is 11.6 Å². The molecule has 2 aromatic rings. The minimum atomic E-state index is -0.675. The molecule has 0 saturated carbocycles. The van der Waals surface area contributed by atoms with Crippen LogP contribution in [0.15, 0.2) is 18.2 Å². The van der Waals surface area contributed by atoms with E-state index in [1.807, 2.05) is 6.92 Å². The van der Waals surface area contributed by atoms with E-state index in [1.54, 1.807) is 25.1 Å². The monoisotopic (exact) mass is 406 g/mol. The van der Waals surface area contributed by atoms with E-state index in [0.29, 0.717) is 5.75 Å². The Hall–Kier alpha value is -3.07. The van der Waals surface area contributed by atoms with Crippen LogP contribution in [0.3, 0.4) is 0 Å². The number of nitrogens with one attached hydrogen (secondary N) is 1. The molecule has 150 valence electrons. The van der Waals surface area contributed by atoms with Gasteiger partial charge in [-0.25, -0.2) is 9.59 Å². The summed E-state index contributed by atoms with van der Waals surface area (Å²) in [5, 5.41) is 2.60. The van der Waals surface area contributed by atoms with Crippen LogP contribution in [0.4, 0.5) is 5.00 Å². The summed E-state index contributed by atoms with van der Waals surface area (Å²) in [4.78, 5) is 37.2. The standard InChI is InChI=1S/C19H22N2O6S/c1-5-26-19(24)14-12(15(17(22)21-3)28-16(14)20)9-27-18(23)11-8-10(2)6-7-13(11)25-4/h6-8H,5,9,20H2,1-4H3,(H,21,22). The molecule has 0 atom stereocenters. The van der Waals surface area contributed by atoms with E-state index in [9.17, 15) is 14.4 Å². The maximum absolute atomic E-state index is 12.6. The molecule has 0 bridgehead atoms. The molecular formula is C19H22N2O6S. The number of ether oxygens (including phenoxy) is 3. The van der Waals surface area contributed by atoms with Crippen molar-refractivity contribution in [3.8, 4) is 5.75 Å². The van der Waals surface area contributed by atoms with Crippen LogP contribution in [-0.4, -0.2) is 38.6 Å². The van der Waals surface area contributed by atoms with Crippen molar-refractivity contribution in [2.45, 2.75) is 20.5 Å². The lowest BCUT2D eigenvalue weighted by atomic mass is 10.1. The highest BCUT2D eigenvalue weighted by Crippen LogP contribution is 2.33. The van der Waals surface area contributed by atoms with Crippen molar-refractivity contribution in [1.82, 2.24) is 5.32 Å². The smallest absolute Gasteiger partial charge is 0.342 e. The average Bonchev–Trinajstić information content (AvgIpc) is 3.01. The van der Waals surface area contributed by atoms with Crippen molar-refractivity contribution in [1.29, 1.82) is 0 Å². The number of methoxy groups -OCH3 is 1. The first-order valence-electron chi connectivity index (χ1n) is 8.46. The minimum absolute atomic E-state index is 0.0365. The quantitative estimate of drug-likeness (QED) is 0.679. The number of thiophene rings is 1. The van der Waals surface area contributed by atoms with Gasteiger partial charge in [0.25, 0.3) is 5.91 Å². The zero-order valence-electron chi connectivity index (χ0n) is 16.1. The SMILES string of the molecule is CCOC(=O)c1c(N)sc(C(=O)NC)c1COC(=O)c1cc(C)ccc1OC. The number of hydrogen-bond acceptors (Lipinski definition) is 8. The maximum Gasteiger partial charge on any atom is 0.342 e. The number of carbonyl (C=O) groups excluding carboxylic acids is 3. The number of rotatable bonds is 7. The third kappa shape index (κ3) is 4.42. The molecule has 8 nitrogen and oxygen atoms in total. The van der Waals surface area contributed by atoms with E-state index in [-0.39, 0.29) is 39.8 Å². The summed E-state index contributed by atoms with van der Waals surface area (Å²) in [7, 11) is 2.90. The summed E-state index contributed by atoms with van der Waals surface area (Å²) < 4.78 is 15.6. The van der Waals surface area contributed by atoms with Crippen molar-refractivity contribution >= 4 is 34.2 Å². The topological polar surface area (TPSA) is 117 Å². The number of amides is 1. The fourth-order valence-electron chi connectivity index (χ4n) is 2.54. The number of anilines is 1. The average molecular weight is 406 g/mol. The van der Waals surface area contributed by atoms with Crippen molar-refractivity contribution in [3.63, 3.8) is 0 Å². The van der Waals surface area contributed by atoms with Gasteiger partial charge in [0.1, 0.15) is 33.4 Å².